The highest BCUT2D eigenvalue weighted by Crippen LogP contribution is 2.32. The van der Waals surface area contributed by atoms with E-state index in [1.54, 1.807) is 6.92 Å². The molecule has 0 spiro atoms. The molecule has 0 aliphatic carbocycles. The quantitative estimate of drug-likeness (QED) is 0.313. The van der Waals surface area contributed by atoms with Crippen molar-refractivity contribution in [3.8, 4) is 0 Å². The van der Waals surface area contributed by atoms with Crippen LogP contribution in [0.15, 0.2) is 0 Å². The summed E-state index contributed by atoms with van der Waals surface area (Å²) in [5, 5.41) is 23.4. The van der Waals surface area contributed by atoms with Crippen molar-refractivity contribution in [3.05, 3.63) is 0 Å². The number of carbonyl (C=O) groups excluding carboxylic acids is 3. The van der Waals surface area contributed by atoms with E-state index < -0.39 is 12.2 Å². The Morgan fingerprint density at radius 3 is 2.17 bits per heavy atom. The number of urea groups is 1. The lowest BCUT2D eigenvalue weighted by Crippen LogP contribution is -2.55. The van der Waals surface area contributed by atoms with Crippen molar-refractivity contribution in [2.24, 2.45) is 5.41 Å². The number of carbonyl (C=O) groups is 5. The van der Waals surface area contributed by atoms with E-state index in [-0.39, 0.29) is 54.5 Å². The molecule has 3 fully saturated rings. The van der Waals surface area contributed by atoms with Crippen LogP contribution in [0.4, 0.5) is 14.4 Å². The summed E-state index contributed by atoms with van der Waals surface area (Å²) in [6, 6.07) is -0.284. The Balaban J connectivity index is 0.000000259. The SMILES string of the molecule is CCOC(=O)CNC1CCN(C(=O)O)C(C(C)(C)C)C1.O=C1CN(C2CCN(C(=O)O)CC2)C(=O)N1. The zero-order valence-corrected chi connectivity index (χ0v) is 21.5. The van der Waals surface area contributed by atoms with Gasteiger partial charge in [-0.1, -0.05) is 20.8 Å². The van der Waals surface area contributed by atoms with Crippen molar-refractivity contribution in [3.63, 3.8) is 0 Å². The number of amides is 5. The smallest absolute Gasteiger partial charge is 0.407 e. The highest BCUT2D eigenvalue weighted by Gasteiger charge is 2.39. The maximum absolute atomic E-state index is 11.4. The Bertz CT molecular complexity index is 822. The molecule has 3 heterocycles. The lowest BCUT2D eigenvalue weighted by molar-refractivity contribution is -0.142. The fraction of sp³-hybridized carbons (Fsp3) is 0.783. The van der Waals surface area contributed by atoms with Gasteiger partial charge in [0.1, 0.15) is 6.54 Å². The fourth-order valence-electron chi connectivity index (χ4n) is 4.76. The molecule has 3 aliphatic rings. The minimum Gasteiger partial charge on any atom is -0.465 e. The largest absolute Gasteiger partial charge is 0.465 e. The number of esters is 1. The molecule has 2 atom stereocenters. The molecule has 3 aliphatic heterocycles. The second kappa shape index (κ2) is 12.7. The number of piperidine rings is 2. The first-order valence-corrected chi connectivity index (χ1v) is 12.3. The number of nitrogens with one attached hydrogen (secondary N) is 2. The number of rotatable bonds is 5. The third-order valence-electron chi connectivity index (χ3n) is 6.69. The Hall–Kier alpha value is -3.09. The van der Waals surface area contributed by atoms with Crippen LogP contribution >= 0.6 is 0 Å². The maximum Gasteiger partial charge on any atom is 0.407 e. The van der Waals surface area contributed by atoms with E-state index in [2.05, 4.69) is 10.6 Å². The summed E-state index contributed by atoms with van der Waals surface area (Å²) in [7, 11) is 0. The number of hydrogen-bond acceptors (Lipinski definition) is 7. The number of ether oxygens (including phenoxy) is 1. The van der Waals surface area contributed by atoms with Crippen LogP contribution in [0.3, 0.4) is 0 Å². The van der Waals surface area contributed by atoms with Gasteiger partial charge in [-0.2, -0.15) is 0 Å². The van der Waals surface area contributed by atoms with E-state index in [9.17, 15) is 29.1 Å². The fourth-order valence-corrected chi connectivity index (χ4v) is 4.76. The topological polar surface area (TPSA) is 169 Å². The number of imide groups is 1. The van der Waals surface area contributed by atoms with Gasteiger partial charge < -0.3 is 35.0 Å². The van der Waals surface area contributed by atoms with Gasteiger partial charge in [0.15, 0.2) is 0 Å². The second-order valence-electron chi connectivity index (χ2n) is 10.2. The van der Waals surface area contributed by atoms with Gasteiger partial charge in [0.25, 0.3) is 0 Å². The van der Waals surface area contributed by atoms with Crippen molar-refractivity contribution in [1.29, 1.82) is 0 Å². The van der Waals surface area contributed by atoms with E-state index >= 15 is 0 Å². The average Bonchev–Trinajstić information content (AvgIpc) is 3.15. The molecule has 204 valence electrons. The molecule has 13 heteroatoms. The molecule has 0 aromatic carbocycles. The normalized spacial score (nSPS) is 23.1. The molecule has 5 amide bonds. The Kier molecular flexibility index (Phi) is 10.3. The molecule has 2 unspecified atom stereocenters. The Morgan fingerprint density at radius 1 is 1.06 bits per heavy atom. The standard InChI is InChI=1S/C14H26N2O4.C9H13N3O4/c1-5-20-12(17)9-15-10-6-7-16(13(18)19)11(8-10)14(2,3)4;13-7-5-12(8(14)10-7)6-1-3-11(4-2-6)9(15)16/h10-11,15H,5-9H2,1-4H3,(H,18,19);6H,1-5H2,(H,15,16)(H,10,13,14). The van der Waals surface area contributed by atoms with Gasteiger partial charge in [-0.15, -0.1) is 0 Å². The molecule has 0 aromatic heterocycles. The van der Waals surface area contributed by atoms with Gasteiger partial charge in [0, 0.05) is 37.8 Å². The van der Waals surface area contributed by atoms with Crippen LogP contribution in [-0.4, -0.2) is 112 Å². The highest BCUT2D eigenvalue weighted by atomic mass is 16.5. The van der Waals surface area contributed by atoms with E-state index in [4.69, 9.17) is 9.84 Å². The van der Waals surface area contributed by atoms with Crippen molar-refractivity contribution < 1.29 is 38.9 Å². The lowest BCUT2D eigenvalue weighted by Gasteiger charge is -2.44. The van der Waals surface area contributed by atoms with Crippen molar-refractivity contribution in [2.45, 2.75) is 71.5 Å². The van der Waals surface area contributed by atoms with Crippen LogP contribution in [0.1, 0.15) is 53.4 Å². The van der Waals surface area contributed by atoms with E-state index in [1.165, 1.54) is 14.7 Å². The van der Waals surface area contributed by atoms with Crippen LogP contribution in [-0.2, 0) is 14.3 Å². The zero-order chi connectivity index (χ0) is 27.0. The minimum atomic E-state index is -0.930. The summed E-state index contributed by atoms with van der Waals surface area (Å²) >= 11 is 0. The molecule has 3 saturated heterocycles. The molecule has 36 heavy (non-hydrogen) atoms. The van der Waals surface area contributed by atoms with Crippen LogP contribution in [0, 0.1) is 5.41 Å². The van der Waals surface area contributed by atoms with E-state index in [0.717, 1.165) is 12.8 Å². The maximum atomic E-state index is 11.4. The monoisotopic (exact) mass is 513 g/mol. The summed E-state index contributed by atoms with van der Waals surface area (Å²) < 4.78 is 4.88. The van der Waals surface area contributed by atoms with Gasteiger partial charge in [0.2, 0.25) is 5.91 Å². The number of hydrogen-bond donors (Lipinski definition) is 4. The first-order chi connectivity index (χ1) is 16.8. The molecule has 13 nitrogen and oxygen atoms in total. The molecule has 0 bridgehead atoms. The predicted octanol–water partition coefficient (Wildman–Crippen LogP) is 1.38. The third-order valence-corrected chi connectivity index (χ3v) is 6.69. The summed E-state index contributed by atoms with van der Waals surface area (Å²) in [4.78, 5) is 60.0. The first kappa shape index (κ1) is 29.1. The number of carboxylic acid groups (broad SMARTS) is 2. The van der Waals surface area contributed by atoms with Crippen LogP contribution in [0.5, 0.6) is 0 Å². The van der Waals surface area contributed by atoms with Crippen molar-refractivity contribution >= 4 is 30.1 Å². The summed E-state index contributed by atoms with van der Waals surface area (Å²) in [5.41, 5.74) is -0.122. The van der Waals surface area contributed by atoms with Crippen molar-refractivity contribution in [1.82, 2.24) is 25.3 Å². The number of nitrogens with zero attached hydrogens (tertiary/aromatic N) is 3. The lowest BCUT2D eigenvalue weighted by atomic mass is 9.79. The van der Waals surface area contributed by atoms with Gasteiger partial charge in [-0.3, -0.25) is 14.9 Å². The van der Waals surface area contributed by atoms with Crippen LogP contribution in [0.2, 0.25) is 0 Å². The molecular formula is C23H39N5O8. The molecule has 0 aromatic rings. The summed E-state index contributed by atoms with van der Waals surface area (Å²) in [6.07, 6.45) is 0.821. The van der Waals surface area contributed by atoms with Gasteiger partial charge >= 0.3 is 24.2 Å². The zero-order valence-electron chi connectivity index (χ0n) is 21.5. The predicted molar refractivity (Wildman–Crippen MR) is 128 cm³/mol. The van der Waals surface area contributed by atoms with Crippen LogP contribution < -0.4 is 10.6 Å². The summed E-state index contributed by atoms with van der Waals surface area (Å²) in [6.45, 7) is 9.89. The first-order valence-electron chi connectivity index (χ1n) is 12.3. The molecule has 0 radical (unpaired) electrons. The second-order valence-corrected chi connectivity index (χ2v) is 10.2. The Morgan fingerprint density at radius 2 is 1.69 bits per heavy atom. The van der Waals surface area contributed by atoms with Gasteiger partial charge in [0.05, 0.1) is 13.2 Å². The average molecular weight is 514 g/mol. The third kappa shape index (κ3) is 8.25. The van der Waals surface area contributed by atoms with E-state index in [1.807, 2.05) is 20.8 Å². The molecule has 0 saturated carbocycles. The Labute approximate surface area is 211 Å². The van der Waals surface area contributed by atoms with Crippen molar-refractivity contribution in [2.75, 3.05) is 39.3 Å². The van der Waals surface area contributed by atoms with Gasteiger partial charge in [-0.25, -0.2) is 14.4 Å². The van der Waals surface area contributed by atoms with Crippen LogP contribution in [0.25, 0.3) is 0 Å². The number of likely N-dealkylation sites (tertiary alicyclic amines) is 2. The molecule has 4 N–H and O–H groups in total. The van der Waals surface area contributed by atoms with E-state index in [0.29, 0.717) is 39.1 Å². The highest BCUT2D eigenvalue weighted by molar-refractivity contribution is 6.02. The summed E-state index contributed by atoms with van der Waals surface area (Å²) in [5.74, 6) is -0.550. The molecular weight excluding hydrogens is 474 g/mol. The molecule has 3 rings (SSSR count). The minimum absolute atomic E-state index is 0.0259. The van der Waals surface area contributed by atoms with Gasteiger partial charge in [-0.05, 0) is 38.0 Å².